The van der Waals surface area contributed by atoms with Crippen LogP contribution in [0.15, 0.2) is 12.2 Å². The Hall–Kier alpha value is -0.350. The molecule has 0 radical (unpaired) electrons. The number of hydrogen-bond donors (Lipinski definition) is 0. The van der Waals surface area contributed by atoms with E-state index in [9.17, 15) is 8.42 Å². The Morgan fingerprint density at radius 1 is 1.50 bits per heavy atom. The van der Waals surface area contributed by atoms with E-state index in [0.717, 1.165) is 25.5 Å². The first kappa shape index (κ1) is 9.74. The van der Waals surface area contributed by atoms with Crippen LogP contribution in [-0.4, -0.2) is 21.3 Å². The second kappa shape index (κ2) is 4.05. The van der Waals surface area contributed by atoms with Crippen LogP contribution in [0.4, 0.5) is 0 Å². The van der Waals surface area contributed by atoms with E-state index < -0.39 is 10.1 Å². The van der Waals surface area contributed by atoms with Crippen LogP contribution in [0.25, 0.3) is 0 Å². The molecule has 1 unspecified atom stereocenters. The van der Waals surface area contributed by atoms with E-state index in [-0.39, 0.29) is 0 Å². The average Bonchev–Trinajstić information content (AvgIpc) is 2.02. The molecule has 0 saturated carbocycles. The van der Waals surface area contributed by atoms with Crippen molar-refractivity contribution in [2.45, 2.75) is 19.3 Å². The van der Waals surface area contributed by atoms with Crippen LogP contribution in [0.5, 0.6) is 0 Å². The quantitative estimate of drug-likeness (QED) is 0.498. The molecule has 1 aliphatic carbocycles. The molecule has 3 nitrogen and oxygen atoms in total. The van der Waals surface area contributed by atoms with Crippen LogP contribution >= 0.6 is 0 Å². The third-order valence-electron chi connectivity index (χ3n) is 1.90. The molecule has 0 spiro atoms. The summed E-state index contributed by atoms with van der Waals surface area (Å²) in [5, 5.41) is 0. The molecule has 0 saturated heterocycles. The summed E-state index contributed by atoms with van der Waals surface area (Å²) >= 11 is 0. The minimum absolute atomic E-state index is 0.336. The van der Waals surface area contributed by atoms with E-state index in [1.54, 1.807) is 0 Å². The third kappa shape index (κ3) is 3.88. The minimum Gasteiger partial charge on any atom is -0.270 e. The summed E-state index contributed by atoms with van der Waals surface area (Å²) in [7, 11) is -3.25. The van der Waals surface area contributed by atoms with Gasteiger partial charge >= 0.3 is 0 Å². The molecular formula is C8H14O3S. The fourth-order valence-electron chi connectivity index (χ4n) is 1.23. The van der Waals surface area contributed by atoms with Gasteiger partial charge in [0, 0.05) is 0 Å². The Balaban J connectivity index is 2.28. The van der Waals surface area contributed by atoms with Crippen LogP contribution in [0.3, 0.4) is 0 Å². The lowest BCUT2D eigenvalue weighted by Crippen LogP contribution is -2.14. The molecular weight excluding hydrogens is 176 g/mol. The summed E-state index contributed by atoms with van der Waals surface area (Å²) in [6, 6.07) is 0. The fourth-order valence-corrected chi connectivity index (χ4v) is 1.67. The Kier molecular flexibility index (Phi) is 3.29. The van der Waals surface area contributed by atoms with Crippen molar-refractivity contribution >= 4 is 10.1 Å². The normalized spacial score (nSPS) is 24.2. The molecule has 70 valence electrons. The van der Waals surface area contributed by atoms with Crippen molar-refractivity contribution in [3.63, 3.8) is 0 Å². The average molecular weight is 190 g/mol. The van der Waals surface area contributed by atoms with Crippen LogP contribution < -0.4 is 0 Å². The monoisotopic (exact) mass is 190 g/mol. The lowest BCUT2D eigenvalue weighted by Gasteiger charge is -2.16. The summed E-state index contributed by atoms with van der Waals surface area (Å²) < 4.78 is 26.0. The maximum Gasteiger partial charge on any atom is 0.264 e. The molecule has 0 aromatic heterocycles. The molecule has 0 fully saturated rings. The van der Waals surface area contributed by atoms with Crippen molar-refractivity contribution in [1.29, 1.82) is 0 Å². The summed E-state index contributed by atoms with van der Waals surface area (Å²) in [5.74, 6) is 0.379. The summed E-state index contributed by atoms with van der Waals surface area (Å²) in [5.41, 5.74) is 0. The van der Waals surface area contributed by atoms with Crippen LogP contribution in [-0.2, 0) is 14.3 Å². The number of allylic oxidation sites excluding steroid dienone is 2. The molecule has 0 aromatic carbocycles. The van der Waals surface area contributed by atoms with Gasteiger partial charge in [-0.1, -0.05) is 12.2 Å². The van der Waals surface area contributed by atoms with Gasteiger partial charge in [0.2, 0.25) is 0 Å². The highest BCUT2D eigenvalue weighted by molar-refractivity contribution is 7.85. The maximum absolute atomic E-state index is 10.6. The van der Waals surface area contributed by atoms with Crippen molar-refractivity contribution in [2.24, 2.45) is 5.92 Å². The second-order valence-electron chi connectivity index (χ2n) is 3.14. The van der Waals surface area contributed by atoms with Crippen LogP contribution in [0.2, 0.25) is 0 Å². The highest BCUT2D eigenvalue weighted by Crippen LogP contribution is 2.18. The van der Waals surface area contributed by atoms with Crippen molar-refractivity contribution < 1.29 is 12.6 Å². The zero-order valence-corrected chi connectivity index (χ0v) is 8.01. The molecule has 4 heteroatoms. The standard InChI is InChI=1S/C8H14O3S/c1-12(9,10)11-7-8-5-3-2-4-6-8/h2-3,8H,4-7H2,1H3. The van der Waals surface area contributed by atoms with Gasteiger partial charge in [-0.3, -0.25) is 4.18 Å². The molecule has 0 bridgehead atoms. The molecule has 0 amide bonds. The van der Waals surface area contributed by atoms with Gasteiger partial charge in [-0.2, -0.15) is 8.42 Å². The van der Waals surface area contributed by atoms with Gasteiger partial charge in [0.25, 0.3) is 10.1 Å². The molecule has 12 heavy (non-hydrogen) atoms. The first-order valence-electron chi connectivity index (χ1n) is 4.07. The predicted octanol–water partition coefficient (Wildman–Crippen LogP) is 1.32. The van der Waals surface area contributed by atoms with E-state index in [1.807, 2.05) is 0 Å². The Bertz CT molecular complexity index is 253. The lowest BCUT2D eigenvalue weighted by atomic mass is 9.96. The van der Waals surface area contributed by atoms with Crippen molar-refractivity contribution in [3.8, 4) is 0 Å². The van der Waals surface area contributed by atoms with E-state index in [4.69, 9.17) is 4.18 Å². The Labute approximate surface area is 73.5 Å². The first-order valence-corrected chi connectivity index (χ1v) is 5.89. The zero-order valence-electron chi connectivity index (χ0n) is 7.19. The van der Waals surface area contributed by atoms with Gasteiger partial charge in [0.1, 0.15) is 0 Å². The van der Waals surface area contributed by atoms with E-state index >= 15 is 0 Å². The number of hydrogen-bond acceptors (Lipinski definition) is 3. The molecule has 1 rings (SSSR count). The zero-order chi connectivity index (χ0) is 9.03. The summed E-state index contributed by atoms with van der Waals surface area (Å²) in [4.78, 5) is 0. The molecule has 0 aliphatic heterocycles. The van der Waals surface area contributed by atoms with Gasteiger partial charge < -0.3 is 0 Å². The number of rotatable bonds is 3. The highest BCUT2D eigenvalue weighted by Gasteiger charge is 2.12. The minimum atomic E-state index is -3.25. The third-order valence-corrected chi connectivity index (χ3v) is 2.46. The Morgan fingerprint density at radius 3 is 2.75 bits per heavy atom. The van der Waals surface area contributed by atoms with Gasteiger partial charge in [0.15, 0.2) is 0 Å². The van der Waals surface area contributed by atoms with Crippen LogP contribution in [0.1, 0.15) is 19.3 Å². The topological polar surface area (TPSA) is 43.4 Å². The SMILES string of the molecule is CS(=O)(=O)OCC1CC=CCC1. The maximum atomic E-state index is 10.6. The fraction of sp³-hybridized carbons (Fsp3) is 0.750. The lowest BCUT2D eigenvalue weighted by molar-refractivity contribution is 0.246. The van der Waals surface area contributed by atoms with E-state index in [2.05, 4.69) is 12.2 Å². The largest absolute Gasteiger partial charge is 0.270 e. The highest BCUT2D eigenvalue weighted by atomic mass is 32.2. The van der Waals surface area contributed by atoms with Crippen molar-refractivity contribution in [1.82, 2.24) is 0 Å². The summed E-state index contributed by atoms with van der Waals surface area (Å²) in [6.07, 6.45) is 8.31. The second-order valence-corrected chi connectivity index (χ2v) is 4.78. The Morgan fingerprint density at radius 2 is 2.25 bits per heavy atom. The van der Waals surface area contributed by atoms with Gasteiger partial charge in [-0.25, -0.2) is 0 Å². The molecule has 1 atom stereocenters. The van der Waals surface area contributed by atoms with Gasteiger partial charge in [-0.15, -0.1) is 0 Å². The molecule has 1 aliphatic rings. The van der Waals surface area contributed by atoms with Gasteiger partial charge in [-0.05, 0) is 25.2 Å². The first-order chi connectivity index (χ1) is 5.58. The van der Waals surface area contributed by atoms with Crippen LogP contribution in [0, 0.1) is 5.92 Å². The van der Waals surface area contributed by atoms with E-state index in [0.29, 0.717) is 12.5 Å². The predicted molar refractivity (Wildman–Crippen MR) is 47.3 cm³/mol. The molecule has 0 heterocycles. The smallest absolute Gasteiger partial charge is 0.264 e. The summed E-state index contributed by atoms with van der Waals surface area (Å²) in [6.45, 7) is 0.336. The molecule has 0 N–H and O–H groups in total. The van der Waals surface area contributed by atoms with Gasteiger partial charge in [0.05, 0.1) is 12.9 Å². The van der Waals surface area contributed by atoms with Crippen molar-refractivity contribution in [2.75, 3.05) is 12.9 Å². The van der Waals surface area contributed by atoms with Crippen molar-refractivity contribution in [3.05, 3.63) is 12.2 Å². The molecule has 0 aromatic rings. The van der Waals surface area contributed by atoms with E-state index in [1.165, 1.54) is 0 Å².